The Morgan fingerprint density at radius 2 is 1.88 bits per heavy atom. The van der Waals surface area contributed by atoms with Gasteiger partial charge in [0.05, 0.1) is 30.6 Å². The summed E-state index contributed by atoms with van der Waals surface area (Å²) in [4.78, 5) is 42.0. The van der Waals surface area contributed by atoms with Crippen molar-refractivity contribution in [2.45, 2.75) is 13.0 Å². The van der Waals surface area contributed by atoms with E-state index in [4.69, 9.17) is 0 Å². The normalized spacial score (nSPS) is 10.9. The molecule has 0 saturated heterocycles. The third-order valence-electron chi connectivity index (χ3n) is 5.33. The van der Waals surface area contributed by atoms with Crippen molar-refractivity contribution in [3.05, 3.63) is 59.3 Å². The van der Waals surface area contributed by atoms with E-state index >= 15 is 0 Å². The number of nitrogens with zero attached hydrogens (tertiary/aromatic N) is 8. The molecule has 4 rings (SSSR count). The molecule has 3 amide bonds. The van der Waals surface area contributed by atoms with Gasteiger partial charge in [0.2, 0.25) is 5.82 Å². The van der Waals surface area contributed by atoms with Gasteiger partial charge in [0.15, 0.2) is 11.6 Å². The fourth-order valence-corrected chi connectivity index (χ4v) is 3.51. The molecule has 19 heteroatoms. The highest BCUT2D eigenvalue weighted by atomic mass is 19.3. The van der Waals surface area contributed by atoms with Crippen LogP contribution in [0.25, 0.3) is 5.82 Å². The second-order valence-corrected chi connectivity index (χ2v) is 8.09. The van der Waals surface area contributed by atoms with Crippen LogP contribution in [0.4, 0.5) is 19.3 Å². The number of alkyl halides is 2. The van der Waals surface area contributed by atoms with Gasteiger partial charge in [-0.3, -0.25) is 15.0 Å². The number of methoxy groups -OCH3 is 1. The van der Waals surface area contributed by atoms with Crippen LogP contribution in [0.15, 0.2) is 36.5 Å². The number of aromatic nitrogens is 7. The number of tetrazole rings is 1. The van der Waals surface area contributed by atoms with E-state index in [0.717, 1.165) is 41.7 Å². The summed E-state index contributed by atoms with van der Waals surface area (Å²) in [6.45, 7) is -0.411. The molecule has 1 aromatic carbocycles. The van der Waals surface area contributed by atoms with Crippen molar-refractivity contribution in [2.75, 3.05) is 19.5 Å². The molecule has 0 aliphatic rings. The summed E-state index contributed by atoms with van der Waals surface area (Å²) < 4.78 is 32.6. The third kappa shape index (κ3) is 5.92. The minimum atomic E-state index is -3.00. The molecule has 41 heavy (non-hydrogen) atoms. The van der Waals surface area contributed by atoms with Gasteiger partial charge in [-0.15, -0.1) is 5.10 Å². The molecule has 0 radical (unpaired) electrons. The number of halogens is 2. The molecule has 0 fully saturated rings. The number of hydrogen-bond acceptors (Lipinski definition) is 12. The molecular formula is C22H20F2N10O7. The van der Waals surface area contributed by atoms with Gasteiger partial charge < -0.3 is 25.4 Å². The van der Waals surface area contributed by atoms with E-state index in [9.17, 15) is 38.5 Å². The lowest BCUT2D eigenvalue weighted by Crippen LogP contribution is -2.43. The number of pyridine rings is 1. The Labute approximate surface area is 227 Å². The SMILES string of the molecule is COC(=O)N(C)NC(=O)c1cc(O)cc(O)c1NC(=O)c1cc(Cn2nnnc2C(F)F)nn1-c1ncccc1O. The van der Waals surface area contributed by atoms with Crippen molar-refractivity contribution in [1.29, 1.82) is 0 Å². The molecule has 0 unspecified atom stereocenters. The number of anilines is 1. The average molecular weight is 574 g/mol. The first kappa shape index (κ1) is 28.1. The van der Waals surface area contributed by atoms with Gasteiger partial charge in [-0.25, -0.2) is 32.9 Å². The lowest BCUT2D eigenvalue weighted by Gasteiger charge is -2.18. The van der Waals surface area contributed by atoms with Gasteiger partial charge in [0, 0.05) is 19.3 Å². The van der Waals surface area contributed by atoms with Crippen LogP contribution in [0.2, 0.25) is 0 Å². The molecular weight excluding hydrogens is 554 g/mol. The first-order chi connectivity index (χ1) is 19.5. The lowest BCUT2D eigenvalue weighted by molar-refractivity contribution is 0.0766. The molecule has 4 aromatic rings. The average Bonchev–Trinajstić information content (AvgIpc) is 3.57. The molecule has 0 saturated carbocycles. The lowest BCUT2D eigenvalue weighted by atomic mass is 10.1. The molecule has 0 aliphatic carbocycles. The minimum absolute atomic E-state index is 0.0120. The summed E-state index contributed by atoms with van der Waals surface area (Å²) in [5, 5.41) is 47.8. The number of hydrazine groups is 1. The maximum atomic E-state index is 13.5. The predicted octanol–water partition coefficient (Wildman–Crippen LogP) is 0.952. The van der Waals surface area contributed by atoms with Gasteiger partial charge in [-0.1, -0.05) is 0 Å². The molecule has 0 aliphatic heterocycles. The quantitative estimate of drug-likeness (QED) is 0.118. The number of benzene rings is 1. The van der Waals surface area contributed by atoms with Crippen LogP contribution in [-0.2, 0) is 11.3 Å². The van der Waals surface area contributed by atoms with E-state index < -0.39 is 65.2 Å². The number of aromatic hydroxyl groups is 3. The van der Waals surface area contributed by atoms with Crippen molar-refractivity contribution < 1.29 is 43.2 Å². The summed E-state index contributed by atoms with van der Waals surface area (Å²) >= 11 is 0. The maximum absolute atomic E-state index is 13.5. The van der Waals surface area contributed by atoms with Gasteiger partial charge >= 0.3 is 6.09 Å². The number of phenolic OH excluding ortho intramolecular Hbond substituents is 2. The summed E-state index contributed by atoms with van der Waals surface area (Å²) in [6, 6.07) is 5.57. The fourth-order valence-electron chi connectivity index (χ4n) is 3.51. The highest BCUT2D eigenvalue weighted by Crippen LogP contribution is 2.33. The number of ether oxygens (including phenoxy) is 1. The van der Waals surface area contributed by atoms with Gasteiger partial charge in [-0.2, -0.15) is 5.10 Å². The number of phenols is 2. The molecule has 0 spiro atoms. The standard InChI is InChI=1S/C22H20F2N10O7/c1-32(22(40)41-2)29-20(38)12-7-11(35)8-15(37)16(12)26-21(39)13-6-10(9-33-19(17(23)24)27-30-31-33)28-34(13)18-14(36)4-3-5-25-18/h3-8,17,35-37H,9H2,1-2H3,(H,26,39)(H,29,38). The summed E-state index contributed by atoms with van der Waals surface area (Å²) in [5.74, 6) is -4.70. The Morgan fingerprint density at radius 1 is 1.12 bits per heavy atom. The number of hydrogen-bond donors (Lipinski definition) is 5. The monoisotopic (exact) mass is 574 g/mol. The fraction of sp³-hybridized carbons (Fsp3) is 0.182. The molecule has 5 N–H and O–H groups in total. The predicted molar refractivity (Wildman–Crippen MR) is 130 cm³/mol. The van der Waals surface area contributed by atoms with Crippen LogP contribution in [0.5, 0.6) is 17.2 Å². The topological polar surface area (TPSA) is 223 Å². The largest absolute Gasteiger partial charge is 0.508 e. The molecule has 0 bridgehead atoms. The Kier molecular flexibility index (Phi) is 7.87. The third-order valence-corrected chi connectivity index (χ3v) is 5.33. The zero-order valence-electron chi connectivity index (χ0n) is 21.1. The van der Waals surface area contributed by atoms with Crippen LogP contribution >= 0.6 is 0 Å². The van der Waals surface area contributed by atoms with Crippen molar-refractivity contribution in [2.24, 2.45) is 0 Å². The molecule has 3 heterocycles. The van der Waals surface area contributed by atoms with Crippen LogP contribution in [-0.4, -0.2) is 87.4 Å². The van der Waals surface area contributed by atoms with E-state index in [0.29, 0.717) is 5.01 Å². The number of carbonyl (C=O) groups is 3. The number of nitrogens with one attached hydrogen (secondary N) is 2. The zero-order chi connectivity index (χ0) is 29.8. The van der Waals surface area contributed by atoms with Crippen molar-refractivity contribution in [3.63, 3.8) is 0 Å². The van der Waals surface area contributed by atoms with Crippen molar-refractivity contribution in [3.8, 4) is 23.1 Å². The first-order valence-corrected chi connectivity index (χ1v) is 11.3. The van der Waals surface area contributed by atoms with E-state index in [1.54, 1.807) is 0 Å². The Bertz CT molecular complexity index is 1620. The summed E-state index contributed by atoms with van der Waals surface area (Å²) in [6.07, 6.45) is -2.66. The number of rotatable bonds is 7. The molecule has 17 nitrogen and oxygen atoms in total. The van der Waals surface area contributed by atoms with E-state index in [2.05, 4.69) is 41.1 Å². The van der Waals surface area contributed by atoms with Crippen LogP contribution in [0.3, 0.4) is 0 Å². The van der Waals surface area contributed by atoms with Crippen molar-refractivity contribution in [1.82, 2.24) is 45.4 Å². The van der Waals surface area contributed by atoms with Gasteiger partial charge in [0.25, 0.3) is 18.2 Å². The van der Waals surface area contributed by atoms with Gasteiger partial charge in [0.1, 0.15) is 17.2 Å². The smallest absolute Gasteiger partial charge is 0.428 e. The van der Waals surface area contributed by atoms with E-state index in [-0.39, 0.29) is 17.2 Å². The van der Waals surface area contributed by atoms with Crippen LogP contribution in [0.1, 0.15) is 38.8 Å². The second-order valence-electron chi connectivity index (χ2n) is 8.09. The first-order valence-electron chi connectivity index (χ1n) is 11.3. The molecule has 3 aromatic heterocycles. The Hall–Kier alpha value is -5.88. The summed E-state index contributed by atoms with van der Waals surface area (Å²) in [7, 11) is 2.23. The zero-order valence-corrected chi connectivity index (χ0v) is 21.1. The summed E-state index contributed by atoms with van der Waals surface area (Å²) in [5.41, 5.74) is 0.859. The highest BCUT2D eigenvalue weighted by molar-refractivity contribution is 6.10. The molecule has 214 valence electrons. The van der Waals surface area contributed by atoms with Crippen LogP contribution in [0, 0.1) is 0 Å². The van der Waals surface area contributed by atoms with E-state index in [1.165, 1.54) is 18.3 Å². The molecule has 0 atom stereocenters. The van der Waals surface area contributed by atoms with E-state index in [1.807, 2.05) is 0 Å². The number of carbonyl (C=O) groups excluding carboxylic acids is 3. The van der Waals surface area contributed by atoms with Gasteiger partial charge in [-0.05, 0) is 34.7 Å². The number of amides is 3. The van der Waals surface area contributed by atoms with Crippen molar-refractivity contribution >= 4 is 23.6 Å². The Morgan fingerprint density at radius 3 is 2.56 bits per heavy atom. The second kappa shape index (κ2) is 11.5. The van der Waals surface area contributed by atoms with Crippen LogP contribution < -0.4 is 10.7 Å². The highest BCUT2D eigenvalue weighted by Gasteiger charge is 2.26. The Balaban J connectivity index is 1.74. The minimum Gasteiger partial charge on any atom is -0.508 e. The maximum Gasteiger partial charge on any atom is 0.428 e.